The highest BCUT2D eigenvalue weighted by Crippen LogP contribution is 2.68. The Morgan fingerprint density at radius 3 is 2.42 bits per heavy atom. The number of amides is 2. The number of nitrogens with zero attached hydrogens (tertiary/aromatic N) is 3. The van der Waals surface area contributed by atoms with Crippen LogP contribution in [0.5, 0.6) is 5.75 Å². The lowest BCUT2D eigenvalue weighted by atomic mass is 9.47. The summed E-state index contributed by atoms with van der Waals surface area (Å²) in [6.07, 6.45) is 5.57. The molecule has 65 heavy (non-hydrogen) atoms. The van der Waals surface area contributed by atoms with Crippen LogP contribution >= 0.6 is 0 Å². The summed E-state index contributed by atoms with van der Waals surface area (Å²) in [7, 11) is 6.00. The second kappa shape index (κ2) is 16.0. The van der Waals surface area contributed by atoms with Gasteiger partial charge in [0.25, 0.3) is 0 Å². The van der Waals surface area contributed by atoms with E-state index < -0.39 is 63.3 Å². The number of rotatable bonds is 9. The third kappa shape index (κ3) is 6.21. The minimum atomic E-state index is -2.36. The van der Waals surface area contributed by atoms with Gasteiger partial charge in [-0.05, 0) is 93.3 Å². The summed E-state index contributed by atoms with van der Waals surface area (Å²) in [5, 5.41) is 20.3. The molecule has 350 valence electrons. The average Bonchev–Trinajstić information content (AvgIpc) is 3.95. The first kappa shape index (κ1) is 45.0. The summed E-state index contributed by atoms with van der Waals surface area (Å²) in [6, 6.07) is 6.95. The summed E-state index contributed by atoms with van der Waals surface area (Å²) in [4.78, 5) is 66.7. The minimum Gasteiger partial charge on any atom is -0.496 e. The Labute approximate surface area is 379 Å². The largest absolute Gasteiger partial charge is 0.496 e. The number of aromatic nitrogens is 1. The summed E-state index contributed by atoms with van der Waals surface area (Å²) >= 11 is 0. The van der Waals surface area contributed by atoms with E-state index in [0.717, 1.165) is 11.1 Å². The number of carbonyl (C=O) groups is 4. The van der Waals surface area contributed by atoms with Crippen molar-refractivity contribution in [3.05, 3.63) is 70.7 Å². The van der Waals surface area contributed by atoms with E-state index in [1.54, 1.807) is 13.2 Å². The van der Waals surface area contributed by atoms with Crippen LogP contribution in [0.3, 0.4) is 0 Å². The molecule has 2 aromatic carbocycles. The Morgan fingerprint density at radius 2 is 1.74 bits per heavy atom. The van der Waals surface area contributed by atoms with Crippen molar-refractivity contribution in [2.24, 2.45) is 11.3 Å². The number of aliphatic hydroxyl groups is 1. The Balaban J connectivity index is 1.34. The Morgan fingerprint density at radius 1 is 0.969 bits per heavy atom. The Bertz CT molecular complexity index is 2480. The highest BCUT2D eigenvalue weighted by atomic mass is 19.1. The molecule has 6 heterocycles. The van der Waals surface area contributed by atoms with E-state index in [2.05, 4.69) is 32.3 Å². The second-order valence-electron chi connectivity index (χ2n) is 19.4. The van der Waals surface area contributed by atoms with Gasteiger partial charge in [0.2, 0.25) is 5.60 Å². The van der Waals surface area contributed by atoms with Gasteiger partial charge < -0.3 is 49.5 Å². The smallest absolute Gasteiger partial charge is 0.344 e. The van der Waals surface area contributed by atoms with E-state index >= 15 is 9.18 Å². The van der Waals surface area contributed by atoms with Crippen molar-refractivity contribution >= 4 is 40.5 Å². The van der Waals surface area contributed by atoms with Gasteiger partial charge in [0.15, 0.2) is 6.10 Å². The number of carbonyl (C=O) groups excluding carboxylic acids is 4. The predicted molar refractivity (Wildman–Crippen MR) is 240 cm³/mol. The Kier molecular flexibility index (Phi) is 11.1. The molecule has 1 aromatic heterocycles. The normalized spacial score (nSPS) is 34.5. The summed E-state index contributed by atoms with van der Waals surface area (Å²) in [6.45, 7) is 10.7. The van der Waals surface area contributed by atoms with Gasteiger partial charge in [-0.25, -0.2) is 14.0 Å². The lowest BCUT2D eigenvalue weighted by Crippen LogP contribution is -2.81. The number of nitrogens with one attached hydrogen (secondary N) is 3. The minimum absolute atomic E-state index is 0.174. The first-order chi connectivity index (χ1) is 31.1. The van der Waals surface area contributed by atoms with Crippen LogP contribution in [0, 0.1) is 17.2 Å². The SMILES string of the molecule is CCNC(=O)NC1(CC)C[C@H]2CN(CCc3c([nH]c4ccc(F)cc34)[C@@](C(=O)OC)(c3cc4c(cc3OC)N(C)C3[C@]45CCN4CC=C[C@@](CC)([C@@H](OC(C)=O)[C@]3(O)C(=O)OC)[C@H]45)C2)C1. The van der Waals surface area contributed by atoms with Gasteiger partial charge in [0, 0.05) is 97.5 Å². The van der Waals surface area contributed by atoms with Gasteiger partial charge >= 0.3 is 23.9 Å². The highest BCUT2D eigenvalue weighted by Gasteiger charge is 2.80. The van der Waals surface area contributed by atoms with Crippen molar-refractivity contribution in [3.8, 4) is 5.75 Å². The monoisotopic (exact) mass is 898 g/mol. The number of aromatic amines is 1. The molecule has 3 unspecified atom stereocenters. The third-order valence-electron chi connectivity index (χ3n) is 16.4. The molecule has 1 spiro atoms. The van der Waals surface area contributed by atoms with Crippen molar-refractivity contribution in [1.29, 1.82) is 0 Å². The molecular formula is C49H63FN6O9. The second-order valence-corrected chi connectivity index (χ2v) is 19.4. The van der Waals surface area contributed by atoms with Crippen LogP contribution < -0.4 is 20.3 Å². The lowest BCUT2D eigenvalue weighted by Gasteiger charge is -2.63. The van der Waals surface area contributed by atoms with Crippen molar-refractivity contribution in [3.63, 3.8) is 0 Å². The number of fused-ring (bicyclic) bond motifs is 6. The number of piperidine rings is 1. The van der Waals surface area contributed by atoms with Crippen LogP contribution in [-0.2, 0) is 45.8 Å². The molecule has 9 rings (SSSR count). The van der Waals surface area contributed by atoms with Crippen molar-refractivity contribution < 1.29 is 47.6 Å². The quantitative estimate of drug-likeness (QED) is 0.135. The fourth-order valence-corrected chi connectivity index (χ4v) is 14.2. The molecule has 16 heteroatoms. The molecule has 4 N–H and O–H groups in total. The molecule has 0 radical (unpaired) electrons. The van der Waals surface area contributed by atoms with Crippen LogP contribution in [-0.4, -0.2) is 141 Å². The zero-order valence-electron chi connectivity index (χ0n) is 38.8. The maximum atomic E-state index is 15.6. The average molecular weight is 899 g/mol. The molecular weight excluding hydrogens is 836 g/mol. The van der Waals surface area contributed by atoms with Crippen LogP contribution in [0.4, 0.5) is 14.9 Å². The molecule has 5 aliphatic heterocycles. The first-order valence-corrected chi connectivity index (χ1v) is 23.1. The zero-order valence-corrected chi connectivity index (χ0v) is 38.8. The predicted octanol–water partition coefficient (Wildman–Crippen LogP) is 4.46. The van der Waals surface area contributed by atoms with E-state index in [9.17, 15) is 19.5 Å². The zero-order chi connectivity index (χ0) is 46.4. The molecule has 2 bridgehead atoms. The maximum Gasteiger partial charge on any atom is 0.344 e. The van der Waals surface area contributed by atoms with Crippen molar-refractivity contribution in [1.82, 2.24) is 25.4 Å². The van der Waals surface area contributed by atoms with Gasteiger partial charge in [-0.3, -0.25) is 14.5 Å². The van der Waals surface area contributed by atoms with Gasteiger partial charge in [-0.2, -0.15) is 0 Å². The fourth-order valence-electron chi connectivity index (χ4n) is 14.2. The van der Waals surface area contributed by atoms with Crippen molar-refractivity contribution in [2.75, 3.05) is 72.5 Å². The molecule has 2 saturated heterocycles. The van der Waals surface area contributed by atoms with E-state index in [-0.39, 0.29) is 24.4 Å². The molecule has 1 aliphatic carbocycles. The van der Waals surface area contributed by atoms with Crippen molar-refractivity contribution in [2.45, 2.75) is 106 Å². The molecule has 10 atom stereocenters. The van der Waals surface area contributed by atoms with E-state index in [0.29, 0.717) is 105 Å². The molecule has 1 saturated carbocycles. The van der Waals surface area contributed by atoms with Crippen LogP contribution in [0.15, 0.2) is 42.5 Å². The first-order valence-electron chi connectivity index (χ1n) is 23.1. The summed E-state index contributed by atoms with van der Waals surface area (Å²) in [5.41, 5.74) is -2.54. The number of benzene rings is 2. The van der Waals surface area contributed by atoms with Crippen LogP contribution in [0.1, 0.15) is 82.2 Å². The number of halogens is 1. The molecule has 2 amide bonds. The summed E-state index contributed by atoms with van der Waals surface area (Å²) in [5.74, 6) is -2.29. The highest BCUT2D eigenvalue weighted by molar-refractivity contribution is 5.95. The maximum absolute atomic E-state index is 15.6. The number of hydrogen-bond donors (Lipinski definition) is 4. The van der Waals surface area contributed by atoms with Gasteiger partial charge in [-0.15, -0.1) is 0 Å². The van der Waals surface area contributed by atoms with E-state index in [4.69, 9.17) is 18.9 Å². The molecule has 6 aliphatic rings. The lowest BCUT2D eigenvalue weighted by molar-refractivity contribution is -0.228. The number of likely N-dealkylation sites (N-methyl/N-ethyl adjacent to an activating group) is 1. The Hall–Kier alpha value is -5.19. The van der Waals surface area contributed by atoms with Gasteiger partial charge in [0.05, 0.1) is 32.9 Å². The number of esters is 3. The number of anilines is 1. The third-order valence-corrected chi connectivity index (χ3v) is 16.4. The number of hydrogen-bond acceptors (Lipinski definition) is 12. The fraction of sp³-hybridized carbons (Fsp3) is 0.592. The number of H-pyrrole nitrogens is 1. The standard InChI is InChI=1S/C49H63FN6O9/c1-9-45(53-44(60)51-11-3)24-29-25-48(42(58)63-7,38-31(15-19-55(26-29)27-45)32-21-30(50)13-14-35(32)52-38)34-22-33-36(23-37(34)62-6)54(5)40-47(33)17-20-56-18-12-16-46(10-2,39(47)56)41(65-28(4)57)49(40,61)43(59)64-8/h12-14,16,21-23,29,39-41,52,61H,9-11,15,17-20,24-27H2,1-8H3,(H2,51,53,60)/t29-,39+,40?,41-,45?,46-,47-,48+,49+/m1/s1. The van der Waals surface area contributed by atoms with Gasteiger partial charge in [-0.1, -0.05) is 26.0 Å². The topological polar surface area (TPSA) is 175 Å². The number of ether oxygens (including phenoxy) is 4. The summed E-state index contributed by atoms with van der Waals surface area (Å²) < 4.78 is 39.4. The number of urea groups is 1. The number of methoxy groups -OCH3 is 3. The van der Waals surface area contributed by atoms with E-state index in [1.807, 2.05) is 50.1 Å². The van der Waals surface area contributed by atoms with Crippen LogP contribution in [0.2, 0.25) is 0 Å². The molecule has 3 aromatic rings. The molecule has 15 nitrogen and oxygen atoms in total. The van der Waals surface area contributed by atoms with Crippen LogP contribution in [0.25, 0.3) is 10.9 Å². The molecule has 3 fully saturated rings. The van der Waals surface area contributed by atoms with Gasteiger partial charge in [0.1, 0.15) is 17.0 Å². The van der Waals surface area contributed by atoms with E-state index in [1.165, 1.54) is 33.3 Å².